The normalized spacial score (nSPS) is 14.7. The number of aromatic nitrogens is 1. The summed E-state index contributed by atoms with van der Waals surface area (Å²) in [7, 11) is 3.30. The third-order valence-electron chi connectivity index (χ3n) is 4.76. The summed E-state index contributed by atoms with van der Waals surface area (Å²) in [4.78, 5) is 3.34. The lowest BCUT2D eigenvalue weighted by molar-refractivity contribution is -0.345. The first-order valence-corrected chi connectivity index (χ1v) is 9.26. The van der Waals surface area contributed by atoms with E-state index in [1.165, 1.54) is 0 Å². The lowest BCUT2D eigenvalue weighted by atomic mass is 9.89. The van der Waals surface area contributed by atoms with Crippen LogP contribution >= 0.6 is 0 Å². The Hall–Kier alpha value is -2.82. The SMILES string of the molecule is COCCNc1[nH+]c(Nc2ccc(OC)cc2)c(C#N)c2c1COC(C)(C)C2. The number of nitrogens with zero attached hydrogens (tertiary/aromatic N) is 1. The van der Waals surface area contributed by atoms with Gasteiger partial charge >= 0.3 is 0 Å². The molecule has 0 aliphatic carbocycles. The molecule has 3 N–H and O–H groups in total. The van der Waals surface area contributed by atoms with Crippen molar-refractivity contribution in [3.8, 4) is 11.8 Å². The van der Waals surface area contributed by atoms with Crippen molar-refractivity contribution in [2.45, 2.75) is 32.5 Å². The highest BCUT2D eigenvalue weighted by Crippen LogP contribution is 2.35. The number of nitrogens with one attached hydrogen (secondary N) is 3. The molecule has 7 nitrogen and oxygen atoms in total. The van der Waals surface area contributed by atoms with Crippen molar-refractivity contribution in [1.29, 1.82) is 5.26 Å². The number of methoxy groups -OCH3 is 2. The fourth-order valence-electron chi connectivity index (χ4n) is 3.28. The Morgan fingerprint density at radius 3 is 2.57 bits per heavy atom. The first-order chi connectivity index (χ1) is 13.5. The number of H-pyrrole nitrogens is 1. The second-order valence-electron chi connectivity index (χ2n) is 7.32. The number of fused-ring (bicyclic) bond motifs is 1. The molecular formula is C21H27N4O3+. The molecule has 0 unspecified atom stereocenters. The minimum atomic E-state index is -0.318. The molecule has 0 radical (unpaired) electrons. The van der Waals surface area contributed by atoms with E-state index in [1.807, 2.05) is 38.1 Å². The second kappa shape index (κ2) is 8.46. The quantitative estimate of drug-likeness (QED) is 0.715. The Bertz CT molecular complexity index is 873. The van der Waals surface area contributed by atoms with Gasteiger partial charge in [-0.2, -0.15) is 5.26 Å². The summed E-state index contributed by atoms with van der Waals surface area (Å²) in [6.45, 7) is 5.77. The van der Waals surface area contributed by atoms with E-state index in [-0.39, 0.29) is 5.60 Å². The molecule has 28 heavy (non-hydrogen) atoms. The summed E-state index contributed by atoms with van der Waals surface area (Å²) in [6, 6.07) is 9.96. The van der Waals surface area contributed by atoms with Crippen LogP contribution in [0.2, 0.25) is 0 Å². The molecule has 0 amide bonds. The number of hydrogen-bond acceptors (Lipinski definition) is 6. The molecule has 0 saturated carbocycles. The predicted molar refractivity (Wildman–Crippen MR) is 107 cm³/mol. The van der Waals surface area contributed by atoms with Gasteiger partial charge in [0.1, 0.15) is 17.4 Å². The largest absolute Gasteiger partial charge is 0.497 e. The molecule has 1 aromatic carbocycles. The first kappa shape index (κ1) is 19.9. The molecule has 1 aliphatic heterocycles. The highest BCUT2D eigenvalue weighted by molar-refractivity contribution is 5.66. The van der Waals surface area contributed by atoms with E-state index >= 15 is 0 Å². The van der Waals surface area contributed by atoms with Crippen LogP contribution in [0.4, 0.5) is 17.3 Å². The summed E-state index contributed by atoms with van der Waals surface area (Å²) < 4.78 is 16.3. The van der Waals surface area contributed by atoms with Crippen molar-refractivity contribution in [2.24, 2.45) is 0 Å². The number of benzene rings is 1. The lowest BCUT2D eigenvalue weighted by Crippen LogP contribution is -2.35. The third kappa shape index (κ3) is 4.35. The van der Waals surface area contributed by atoms with E-state index in [9.17, 15) is 5.26 Å². The van der Waals surface area contributed by atoms with E-state index in [0.29, 0.717) is 37.6 Å². The van der Waals surface area contributed by atoms with Crippen molar-refractivity contribution in [2.75, 3.05) is 38.0 Å². The lowest BCUT2D eigenvalue weighted by Gasteiger charge is -2.32. The smallest absolute Gasteiger partial charge is 0.242 e. The maximum Gasteiger partial charge on any atom is 0.242 e. The topological polar surface area (TPSA) is 89.7 Å². The van der Waals surface area contributed by atoms with Gasteiger partial charge in [-0.05, 0) is 43.7 Å². The Balaban J connectivity index is 2.02. The van der Waals surface area contributed by atoms with Crippen molar-refractivity contribution in [3.63, 3.8) is 0 Å². The Morgan fingerprint density at radius 1 is 1.18 bits per heavy atom. The van der Waals surface area contributed by atoms with Gasteiger partial charge < -0.3 is 19.5 Å². The summed E-state index contributed by atoms with van der Waals surface area (Å²) in [5.41, 5.74) is 3.16. The molecule has 1 aliphatic rings. The van der Waals surface area contributed by atoms with Gasteiger partial charge in [0.15, 0.2) is 0 Å². The van der Waals surface area contributed by atoms with Crippen LogP contribution in [0, 0.1) is 11.3 Å². The summed E-state index contributed by atoms with van der Waals surface area (Å²) in [5.74, 6) is 2.28. The minimum absolute atomic E-state index is 0.318. The van der Waals surface area contributed by atoms with Gasteiger partial charge in [-0.25, -0.2) is 4.98 Å². The highest BCUT2D eigenvalue weighted by Gasteiger charge is 2.33. The Kier molecular flexibility index (Phi) is 6.02. The molecule has 0 spiro atoms. The van der Waals surface area contributed by atoms with Gasteiger partial charge in [0.05, 0.1) is 43.7 Å². The average Bonchev–Trinajstić information content (AvgIpc) is 2.68. The summed E-state index contributed by atoms with van der Waals surface area (Å²) in [5, 5.41) is 16.6. The molecule has 2 heterocycles. The molecule has 0 atom stereocenters. The van der Waals surface area contributed by atoms with Gasteiger partial charge in [0, 0.05) is 13.5 Å². The standard InChI is InChI=1S/C21H26N4O3/c1-21(2)11-16-17(12-22)20(24-14-5-7-15(27-4)8-6-14)25-19(18(16)13-28-21)23-9-10-26-3/h5-8H,9-11,13H2,1-4H3,(H2,23,24,25)/p+1. The van der Waals surface area contributed by atoms with Crippen LogP contribution in [0.25, 0.3) is 0 Å². The van der Waals surface area contributed by atoms with Crippen LogP contribution in [0.1, 0.15) is 30.5 Å². The number of rotatable bonds is 7. The molecule has 2 aromatic rings. The van der Waals surface area contributed by atoms with Gasteiger partial charge in [-0.1, -0.05) is 0 Å². The molecule has 0 fully saturated rings. The fourth-order valence-corrected chi connectivity index (χ4v) is 3.28. The van der Waals surface area contributed by atoms with Gasteiger partial charge in [0.25, 0.3) is 0 Å². The van der Waals surface area contributed by atoms with E-state index in [1.54, 1.807) is 14.2 Å². The van der Waals surface area contributed by atoms with Gasteiger partial charge in [-0.3, -0.25) is 5.32 Å². The fraction of sp³-hybridized carbons (Fsp3) is 0.429. The molecule has 148 valence electrons. The van der Waals surface area contributed by atoms with E-state index < -0.39 is 0 Å². The molecular weight excluding hydrogens is 356 g/mol. The number of pyridine rings is 1. The van der Waals surface area contributed by atoms with Crippen LogP contribution in [0.5, 0.6) is 5.75 Å². The Morgan fingerprint density at radius 2 is 1.93 bits per heavy atom. The Labute approximate surface area is 165 Å². The zero-order chi connectivity index (χ0) is 20.1. The molecule has 0 saturated heterocycles. The highest BCUT2D eigenvalue weighted by atomic mass is 16.5. The number of aromatic amines is 1. The van der Waals surface area contributed by atoms with Gasteiger partial charge in [0.2, 0.25) is 11.6 Å². The number of nitriles is 1. The molecule has 0 bridgehead atoms. The molecule has 7 heteroatoms. The van der Waals surface area contributed by atoms with Crippen LogP contribution in [0.3, 0.4) is 0 Å². The zero-order valence-electron chi connectivity index (χ0n) is 16.8. The van der Waals surface area contributed by atoms with E-state index in [0.717, 1.165) is 28.4 Å². The van der Waals surface area contributed by atoms with Crippen molar-refractivity contribution < 1.29 is 19.2 Å². The maximum absolute atomic E-state index is 9.90. The first-order valence-electron chi connectivity index (χ1n) is 9.26. The number of hydrogen-bond donors (Lipinski definition) is 2. The second-order valence-corrected chi connectivity index (χ2v) is 7.32. The average molecular weight is 383 g/mol. The number of ether oxygens (including phenoxy) is 3. The zero-order valence-corrected chi connectivity index (χ0v) is 16.8. The molecule has 1 aromatic heterocycles. The van der Waals surface area contributed by atoms with E-state index in [4.69, 9.17) is 14.2 Å². The van der Waals surface area contributed by atoms with Crippen LogP contribution in [-0.4, -0.2) is 33.0 Å². The van der Waals surface area contributed by atoms with Crippen molar-refractivity contribution in [3.05, 3.63) is 41.0 Å². The summed E-state index contributed by atoms with van der Waals surface area (Å²) >= 11 is 0. The predicted octanol–water partition coefficient (Wildman–Crippen LogP) is 3.03. The van der Waals surface area contributed by atoms with Crippen molar-refractivity contribution >= 4 is 17.3 Å². The van der Waals surface area contributed by atoms with E-state index in [2.05, 4.69) is 21.7 Å². The summed E-state index contributed by atoms with van der Waals surface area (Å²) in [6.07, 6.45) is 0.663. The van der Waals surface area contributed by atoms with Crippen LogP contribution < -0.4 is 20.4 Å². The number of anilines is 3. The third-order valence-corrected chi connectivity index (χ3v) is 4.76. The minimum Gasteiger partial charge on any atom is -0.497 e. The van der Waals surface area contributed by atoms with Crippen LogP contribution in [-0.2, 0) is 22.5 Å². The monoisotopic (exact) mass is 383 g/mol. The van der Waals surface area contributed by atoms with Crippen molar-refractivity contribution in [1.82, 2.24) is 0 Å². The maximum atomic E-state index is 9.90. The molecule has 3 rings (SSSR count). The van der Waals surface area contributed by atoms with Crippen LogP contribution in [0.15, 0.2) is 24.3 Å². The van der Waals surface area contributed by atoms with Gasteiger partial charge in [-0.15, -0.1) is 0 Å².